The molecule has 0 aromatic rings. The van der Waals surface area contributed by atoms with Crippen molar-refractivity contribution in [3.63, 3.8) is 0 Å². The number of thiocarbonyl (C=S) groups is 1. The van der Waals surface area contributed by atoms with Crippen molar-refractivity contribution < 1.29 is 4.74 Å². The number of nitrogens with one attached hydrogen (secondary N) is 1. The molecule has 0 radical (unpaired) electrons. The molecule has 0 heterocycles. The summed E-state index contributed by atoms with van der Waals surface area (Å²) < 4.78 is 5.01. The van der Waals surface area contributed by atoms with E-state index in [4.69, 9.17) is 15.8 Å². The zero-order valence-electron chi connectivity index (χ0n) is 6.67. The van der Waals surface area contributed by atoms with Crippen LogP contribution in [-0.2, 0) is 4.74 Å². The predicted molar refractivity (Wildman–Crippen MR) is 47.8 cm³/mol. The summed E-state index contributed by atoms with van der Waals surface area (Å²) in [5, 5.41) is 8.88. The Morgan fingerprint density at radius 1 is 1.75 bits per heavy atom. The summed E-state index contributed by atoms with van der Waals surface area (Å²) in [4.78, 5) is 0. The van der Waals surface area contributed by atoms with E-state index in [2.05, 4.69) is 23.7 Å². The van der Waals surface area contributed by atoms with Gasteiger partial charge in [0.15, 0.2) is 0 Å². The van der Waals surface area contributed by atoms with E-state index in [1.165, 1.54) is 0 Å². The minimum absolute atomic E-state index is 0.121. The van der Waals surface area contributed by atoms with E-state index in [0.717, 1.165) is 19.3 Å². The normalized spacial score (nSPS) is 17.7. The molecule has 12 heavy (non-hydrogen) atoms. The zero-order chi connectivity index (χ0) is 9.03. The van der Waals surface area contributed by atoms with Gasteiger partial charge in [-0.05, 0) is 25.1 Å². The lowest BCUT2D eigenvalue weighted by molar-refractivity contribution is 0.272. The summed E-state index contributed by atoms with van der Waals surface area (Å²) in [6.07, 6.45) is 2.71. The first-order chi connectivity index (χ1) is 5.72. The minimum atomic E-state index is -0.121. The van der Waals surface area contributed by atoms with Crippen molar-refractivity contribution in [1.82, 2.24) is 5.43 Å². The Kier molecular flexibility index (Phi) is 2.84. The molecule has 0 aromatic carbocycles. The fourth-order valence-electron chi connectivity index (χ4n) is 0.949. The quantitative estimate of drug-likeness (QED) is 0.379. The average molecular weight is 185 g/mol. The molecule has 66 valence electrons. The van der Waals surface area contributed by atoms with Crippen LogP contribution < -0.4 is 11.3 Å². The fourth-order valence-corrected chi connectivity index (χ4v) is 1.03. The number of ether oxygens (including phenoxy) is 1. The zero-order valence-corrected chi connectivity index (χ0v) is 7.49. The maximum atomic E-state index is 8.70. The average Bonchev–Trinajstić information content (AvgIpc) is 2.85. The van der Waals surface area contributed by atoms with Gasteiger partial charge in [0.05, 0.1) is 18.1 Å². The van der Waals surface area contributed by atoms with Crippen molar-refractivity contribution in [3.8, 4) is 6.07 Å². The van der Waals surface area contributed by atoms with E-state index in [1.54, 1.807) is 0 Å². The van der Waals surface area contributed by atoms with Gasteiger partial charge in [0.2, 0.25) is 0 Å². The summed E-state index contributed by atoms with van der Waals surface area (Å²) in [6, 6.07) is 2.27. The summed E-state index contributed by atoms with van der Waals surface area (Å²) in [5.41, 5.74) is 2.10. The molecule has 1 aliphatic carbocycles. The van der Waals surface area contributed by atoms with Crippen LogP contribution in [0, 0.1) is 16.7 Å². The predicted octanol–water partition coefficient (Wildman–Crippen LogP) is 0.445. The highest BCUT2D eigenvalue weighted by atomic mass is 32.1. The molecule has 0 bridgehead atoms. The van der Waals surface area contributed by atoms with Crippen molar-refractivity contribution >= 4 is 17.4 Å². The maximum Gasteiger partial charge on any atom is 0.271 e. The molecule has 0 saturated heterocycles. The Balaban J connectivity index is 2.11. The van der Waals surface area contributed by atoms with Gasteiger partial charge in [-0.3, -0.25) is 5.43 Å². The molecule has 0 spiro atoms. The lowest BCUT2D eigenvalue weighted by Gasteiger charge is -2.07. The summed E-state index contributed by atoms with van der Waals surface area (Å²) in [7, 11) is 0. The molecule has 5 heteroatoms. The second-order valence-corrected chi connectivity index (χ2v) is 3.29. The van der Waals surface area contributed by atoms with E-state index in [-0.39, 0.29) is 10.6 Å². The third-order valence-corrected chi connectivity index (χ3v) is 2.26. The van der Waals surface area contributed by atoms with Gasteiger partial charge in [-0.15, -0.1) is 0 Å². The highest BCUT2D eigenvalue weighted by Gasteiger charge is 2.42. The van der Waals surface area contributed by atoms with Gasteiger partial charge in [0.25, 0.3) is 5.17 Å². The van der Waals surface area contributed by atoms with Crippen LogP contribution in [0.15, 0.2) is 0 Å². The lowest BCUT2D eigenvalue weighted by atomic mass is 10.1. The number of nitrogens with zero attached hydrogens (tertiary/aromatic N) is 1. The molecule has 0 amide bonds. The van der Waals surface area contributed by atoms with Gasteiger partial charge in [-0.1, -0.05) is 0 Å². The van der Waals surface area contributed by atoms with Gasteiger partial charge in [0.1, 0.15) is 0 Å². The van der Waals surface area contributed by atoms with E-state index >= 15 is 0 Å². The van der Waals surface area contributed by atoms with Crippen LogP contribution in [0.3, 0.4) is 0 Å². The third-order valence-electron chi connectivity index (χ3n) is 2.02. The lowest BCUT2D eigenvalue weighted by Crippen LogP contribution is -2.30. The van der Waals surface area contributed by atoms with Crippen molar-refractivity contribution in [2.45, 2.75) is 19.3 Å². The number of hydrogen-bond donors (Lipinski definition) is 2. The van der Waals surface area contributed by atoms with E-state index in [9.17, 15) is 0 Å². The molecule has 1 aliphatic rings. The first kappa shape index (κ1) is 9.23. The van der Waals surface area contributed by atoms with Crippen LogP contribution in [0.25, 0.3) is 0 Å². The van der Waals surface area contributed by atoms with Gasteiger partial charge in [-0.2, -0.15) is 5.26 Å². The summed E-state index contributed by atoms with van der Waals surface area (Å²) >= 11 is 4.66. The van der Waals surface area contributed by atoms with Crippen LogP contribution in [0.5, 0.6) is 0 Å². The Labute approximate surface area is 76.6 Å². The second kappa shape index (κ2) is 3.70. The summed E-state index contributed by atoms with van der Waals surface area (Å²) in [5.74, 6) is 4.99. The molecule has 3 N–H and O–H groups in total. The second-order valence-electron chi connectivity index (χ2n) is 2.92. The van der Waals surface area contributed by atoms with Crippen LogP contribution in [0.2, 0.25) is 0 Å². The number of hydrazine groups is 1. The van der Waals surface area contributed by atoms with E-state index < -0.39 is 0 Å². The molecule has 0 unspecified atom stereocenters. The SMILES string of the molecule is N#CC1(CCOC(=S)NN)CC1. The molecule has 1 rings (SSSR count). The largest absolute Gasteiger partial charge is 0.470 e. The minimum Gasteiger partial charge on any atom is -0.470 e. The first-order valence-electron chi connectivity index (χ1n) is 3.77. The number of nitriles is 1. The topological polar surface area (TPSA) is 71.1 Å². The standard InChI is InChI=1S/C7H11N3OS/c8-5-7(1-2-7)3-4-11-6(12)10-9/h1-4,9H2,(H,10,12). The highest BCUT2D eigenvalue weighted by Crippen LogP contribution is 2.47. The maximum absolute atomic E-state index is 8.70. The Bertz CT molecular complexity index is 219. The molecule has 0 aliphatic heterocycles. The van der Waals surface area contributed by atoms with Crippen LogP contribution in [0.1, 0.15) is 19.3 Å². The Morgan fingerprint density at radius 3 is 2.83 bits per heavy atom. The Hall–Kier alpha value is -0.860. The number of hydrogen-bond acceptors (Lipinski definition) is 4. The first-order valence-corrected chi connectivity index (χ1v) is 4.18. The molecule has 1 fully saturated rings. The number of nitrogens with two attached hydrogens (primary N) is 1. The Morgan fingerprint density at radius 2 is 2.42 bits per heavy atom. The fraction of sp³-hybridized carbons (Fsp3) is 0.714. The highest BCUT2D eigenvalue weighted by molar-refractivity contribution is 7.80. The van der Waals surface area contributed by atoms with Gasteiger partial charge in [-0.25, -0.2) is 5.84 Å². The van der Waals surface area contributed by atoms with Crippen molar-refractivity contribution in [2.24, 2.45) is 11.3 Å². The molecule has 4 nitrogen and oxygen atoms in total. The van der Waals surface area contributed by atoms with Crippen LogP contribution in [-0.4, -0.2) is 11.8 Å². The summed E-state index contributed by atoms with van der Waals surface area (Å²) in [6.45, 7) is 0.469. The van der Waals surface area contributed by atoms with Crippen molar-refractivity contribution in [3.05, 3.63) is 0 Å². The van der Waals surface area contributed by atoms with Gasteiger partial charge in [0, 0.05) is 6.42 Å². The molecule has 0 aromatic heterocycles. The monoisotopic (exact) mass is 185 g/mol. The van der Waals surface area contributed by atoms with Crippen LogP contribution >= 0.6 is 12.2 Å². The van der Waals surface area contributed by atoms with Gasteiger partial charge < -0.3 is 4.74 Å². The number of rotatable bonds is 3. The van der Waals surface area contributed by atoms with E-state index in [1.807, 2.05) is 0 Å². The van der Waals surface area contributed by atoms with Crippen molar-refractivity contribution in [2.75, 3.05) is 6.61 Å². The molecular formula is C7H11N3OS. The third kappa shape index (κ3) is 2.32. The van der Waals surface area contributed by atoms with E-state index in [0.29, 0.717) is 6.61 Å². The smallest absolute Gasteiger partial charge is 0.271 e. The molecule has 0 atom stereocenters. The molecular weight excluding hydrogens is 174 g/mol. The van der Waals surface area contributed by atoms with Crippen LogP contribution in [0.4, 0.5) is 0 Å². The van der Waals surface area contributed by atoms with Gasteiger partial charge >= 0.3 is 0 Å². The molecule has 1 saturated carbocycles. The van der Waals surface area contributed by atoms with Crippen molar-refractivity contribution in [1.29, 1.82) is 5.26 Å².